The summed E-state index contributed by atoms with van der Waals surface area (Å²) < 4.78 is 0. The first-order valence-corrected chi connectivity index (χ1v) is 3.18. The van der Waals surface area contributed by atoms with Gasteiger partial charge in [-0.05, 0) is 31.8 Å². The van der Waals surface area contributed by atoms with Crippen LogP contribution in [-0.2, 0) is 0 Å². The number of hydrogen-bond acceptors (Lipinski definition) is 1. The molecule has 0 radical (unpaired) electrons. The Kier molecular flexibility index (Phi) is 4.10. The minimum absolute atomic E-state index is 0. The zero-order valence-electron chi connectivity index (χ0n) is 7.28. The SMILES string of the molecule is CC1=C(O)CCCC1.[H-].[Li+]. The largest absolute Gasteiger partial charge is 1.00 e. The van der Waals surface area contributed by atoms with Crippen molar-refractivity contribution in [1.29, 1.82) is 0 Å². The number of allylic oxidation sites excluding steroid dienone is 2. The Bertz CT molecular complexity index is 109. The Morgan fingerprint density at radius 3 is 2.22 bits per heavy atom. The van der Waals surface area contributed by atoms with Crippen LogP contribution >= 0.6 is 0 Å². The monoisotopic (exact) mass is 120 g/mol. The summed E-state index contributed by atoms with van der Waals surface area (Å²) in [6.07, 6.45) is 4.44. The zero-order valence-corrected chi connectivity index (χ0v) is 6.28. The zero-order chi connectivity index (χ0) is 5.98. The average Bonchev–Trinajstić information content (AvgIpc) is 1.77. The van der Waals surface area contributed by atoms with E-state index in [-0.39, 0.29) is 20.3 Å². The van der Waals surface area contributed by atoms with Crippen LogP contribution in [0.15, 0.2) is 11.3 Å². The molecule has 0 aromatic carbocycles. The smallest absolute Gasteiger partial charge is 1.00 e. The van der Waals surface area contributed by atoms with Gasteiger partial charge in [-0.1, -0.05) is 0 Å². The second-order valence-electron chi connectivity index (χ2n) is 2.43. The van der Waals surface area contributed by atoms with Crippen LogP contribution in [0.1, 0.15) is 34.0 Å². The summed E-state index contributed by atoms with van der Waals surface area (Å²) >= 11 is 0. The van der Waals surface area contributed by atoms with Crippen molar-refractivity contribution in [1.82, 2.24) is 0 Å². The summed E-state index contributed by atoms with van der Waals surface area (Å²) in [7, 11) is 0. The van der Waals surface area contributed by atoms with E-state index in [0.717, 1.165) is 12.8 Å². The molecule has 0 aliphatic heterocycles. The Labute approximate surface area is 69.8 Å². The van der Waals surface area contributed by atoms with Crippen LogP contribution in [0.3, 0.4) is 0 Å². The summed E-state index contributed by atoms with van der Waals surface area (Å²) in [4.78, 5) is 0. The van der Waals surface area contributed by atoms with Gasteiger partial charge in [-0.15, -0.1) is 0 Å². The maximum atomic E-state index is 9.06. The standard InChI is InChI=1S/C7H12O.Li.H/c1-6-4-2-3-5-7(6)8;;/h8H,2-5H2,1H3;;/q;+1;-1. The number of aliphatic hydroxyl groups excluding tert-OH is 1. The molecule has 0 bridgehead atoms. The Balaban J connectivity index is 0. The van der Waals surface area contributed by atoms with E-state index >= 15 is 0 Å². The summed E-state index contributed by atoms with van der Waals surface area (Å²) in [5.41, 5.74) is 1.19. The molecule has 0 aromatic heterocycles. The molecular formula is C7H13LiO. The Morgan fingerprint density at radius 2 is 1.89 bits per heavy atom. The van der Waals surface area contributed by atoms with Gasteiger partial charge in [0.2, 0.25) is 0 Å². The van der Waals surface area contributed by atoms with Crippen LogP contribution in [0.4, 0.5) is 0 Å². The van der Waals surface area contributed by atoms with E-state index in [1.54, 1.807) is 0 Å². The first-order chi connectivity index (χ1) is 3.80. The predicted molar refractivity (Wildman–Crippen MR) is 34.9 cm³/mol. The number of rotatable bonds is 0. The third-order valence-electron chi connectivity index (χ3n) is 1.71. The molecule has 0 amide bonds. The van der Waals surface area contributed by atoms with Gasteiger partial charge >= 0.3 is 18.9 Å². The second-order valence-corrected chi connectivity index (χ2v) is 2.43. The van der Waals surface area contributed by atoms with Crippen molar-refractivity contribution in [2.45, 2.75) is 32.6 Å². The Morgan fingerprint density at radius 1 is 1.33 bits per heavy atom. The summed E-state index contributed by atoms with van der Waals surface area (Å²) in [5, 5.41) is 9.06. The quantitative estimate of drug-likeness (QED) is 0.428. The molecule has 0 saturated carbocycles. The molecule has 0 heterocycles. The van der Waals surface area contributed by atoms with Crippen LogP contribution in [-0.4, -0.2) is 5.11 Å². The minimum atomic E-state index is 0. The molecule has 0 spiro atoms. The molecule has 0 aromatic rings. The van der Waals surface area contributed by atoms with Crippen molar-refractivity contribution in [2.75, 3.05) is 0 Å². The van der Waals surface area contributed by atoms with E-state index in [4.69, 9.17) is 5.11 Å². The normalized spacial score (nSPS) is 19.2. The van der Waals surface area contributed by atoms with Crippen LogP contribution < -0.4 is 18.9 Å². The van der Waals surface area contributed by atoms with E-state index in [1.807, 2.05) is 6.92 Å². The van der Waals surface area contributed by atoms with Crippen molar-refractivity contribution in [3.05, 3.63) is 11.3 Å². The first kappa shape index (κ1) is 9.14. The molecular weight excluding hydrogens is 107 g/mol. The summed E-state index contributed by atoms with van der Waals surface area (Å²) in [5.74, 6) is 0.635. The van der Waals surface area contributed by atoms with Crippen molar-refractivity contribution < 1.29 is 25.4 Å². The molecule has 0 unspecified atom stereocenters. The fraction of sp³-hybridized carbons (Fsp3) is 0.714. The summed E-state index contributed by atoms with van der Waals surface area (Å²) in [6, 6.07) is 0. The molecule has 2 heteroatoms. The van der Waals surface area contributed by atoms with Crippen molar-refractivity contribution in [3.63, 3.8) is 0 Å². The van der Waals surface area contributed by atoms with Gasteiger partial charge in [0.25, 0.3) is 0 Å². The van der Waals surface area contributed by atoms with Gasteiger partial charge in [0, 0.05) is 6.42 Å². The first-order valence-electron chi connectivity index (χ1n) is 3.18. The van der Waals surface area contributed by atoms with E-state index in [9.17, 15) is 0 Å². The van der Waals surface area contributed by atoms with Crippen molar-refractivity contribution in [2.24, 2.45) is 0 Å². The van der Waals surface area contributed by atoms with Gasteiger partial charge in [-0.2, -0.15) is 0 Å². The van der Waals surface area contributed by atoms with E-state index < -0.39 is 0 Å². The molecule has 1 aliphatic carbocycles. The molecule has 1 nitrogen and oxygen atoms in total. The molecule has 1 aliphatic rings. The minimum Gasteiger partial charge on any atom is -1.00 e. The fourth-order valence-electron chi connectivity index (χ4n) is 1.04. The second kappa shape index (κ2) is 4.03. The fourth-order valence-corrected chi connectivity index (χ4v) is 1.04. The van der Waals surface area contributed by atoms with Gasteiger partial charge < -0.3 is 6.53 Å². The van der Waals surface area contributed by atoms with Gasteiger partial charge in [0.05, 0.1) is 5.76 Å². The Hall–Kier alpha value is 0.137. The van der Waals surface area contributed by atoms with E-state index in [1.165, 1.54) is 18.4 Å². The van der Waals surface area contributed by atoms with Crippen LogP contribution in [0.5, 0.6) is 0 Å². The third-order valence-corrected chi connectivity index (χ3v) is 1.71. The van der Waals surface area contributed by atoms with E-state index in [0.29, 0.717) is 5.76 Å². The van der Waals surface area contributed by atoms with Crippen molar-refractivity contribution >= 4 is 0 Å². The van der Waals surface area contributed by atoms with Gasteiger partial charge in [0.1, 0.15) is 0 Å². The van der Waals surface area contributed by atoms with Crippen LogP contribution in [0, 0.1) is 0 Å². The topological polar surface area (TPSA) is 20.2 Å². The summed E-state index contributed by atoms with van der Waals surface area (Å²) in [6.45, 7) is 2.01. The average molecular weight is 120 g/mol. The van der Waals surface area contributed by atoms with Gasteiger partial charge in [0.15, 0.2) is 0 Å². The van der Waals surface area contributed by atoms with Gasteiger partial charge in [-0.3, -0.25) is 0 Å². The third kappa shape index (κ3) is 2.47. The number of aliphatic hydroxyl groups is 1. The van der Waals surface area contributed by atoms with Crippen LogP contribution in [0.25, 0.3) is 0 Å². The van der Waals surface area contributed by atoms with Crippen molar-refractivity contribution in [3.8, 4) is 0 Å². The maximum Gasteiger partial charge on any atom is 1.00 e. The molecule has 1 rings (SSSR count). The van der Waals surface area contributed by atoms with Crippen LogP contribution in [0.2, 0.25) is 0 Å². The van der Waals surface area contributed by atoms with E-state index in [2.05, 4.69) is 0 Å². The molecule has 0 saturated heterocycles. The number of hydrogen-bond donors (Lipinski definition) is 1. The molecule has 9 heavy (non-hydrogen) atoms. The molecule has 48 valence electrons. The molecule has 1 N–H and O–H groups in total. The molecule has 0 fully saturated rings. The van der Waals surface area contributed by atoms with Gasteiger partial charge in [-0.25, -0.2) is 0 Å². The molecule has 0 atom stereocenters. The predicted octanol–water partition coefficient (Wildman–Crippen LogP) is -0.491. The maximum absolute atomic E-state index is 9.06.